The van der Waals surface area contributed by atoms with Crippen molar-refractivity contribution in [2.24, 2.45) is 5.92 Å². The molecule has 2 N–H and O–H groups in total. The molecule has 0 unspecified atom stereocenters. The summed E-state index contributed by atoms with van der Waals surface area (Å²) in [7, 11) is 0. The minimum absolute atomic E-state index is 0.0751. The molecule has 0 aliphatic carbocycles. The van der Waals surface area contributed by atoms with Gasteiger partial charge in [-0.25, -0.2) is 4.79 Å². The second-order valence-electron chi connectivity index (χ2n) is 4.66. The zero-order valence-electron chi connectivity index (χ0n) is 11.5. The Hall–Kier alpha value is -2.38. The number of aryl methyl sites for hydroxylation is 1. The Bertz CT molecular complexity index is 535. The number of hydrogen-bond donors (Lipinski definition) is 2. The fraction of sp³-hybridized carbons (Fsp3) is 0.500. The second kappa shape index (κ2) is 6.18. The largest absolute Gasteiger partial charge is 0.480 e. The first-order chi connectivity index (χ1) is 9.27. The fourth-order valence-electron chi connectivity index (χ4n) is 1.78. The van der Waals surface area contributed by atoms with Crippen LogP contribution in [-0.2, 0) is 11.3 Å². The van der Waals surface area contributed by atoms with Gasteiger partial charge in [-0.1, -0.05) is 13.8 Å². The number of carboxylic acids is 1. The molecule has 1 aromatic heterocycles. The van der Waals surface area contributed by atoms with Crippen LogP contribution < -0.4 is 5.32 Å². The smallest absolute Gasteiger partial charge is 0.326 e. The number of hydrogen-bond acceptors (Lipinski definition) is 4. The Labute approximate surface area is 115 Å². The predicted octanol–water partition coefficient (Wildman–Crippen LogP) is 1.26. The summed E-state index contributed by atoms with van der Waals surface area (Å²) in [4.78, 5) is 33.2. The van der Waals surface area contributed by atoms with E-state index in [1.165, 1.54) is 10.8 Å². The number of carboxylic acid groups (broad SMARTS) is 1. The molecule has 0 aromatic carbocycles. The van der Waals surface area contributed by atoms with Crippen molar-refractivity contribution in [1.29, 1.82) is 0 Å². The molecule has 110 valence electrons. The molecule has 0 aliphatic rings. The minimum atomic E-state index is -1.14. The van der Waals surface area contributed by atoms with Gasteiger partial charge in [0.25, 0.3) is 11.6 Å². The third-order valence-electron chi connectivity index (χ3n) is 2.89. The van der Waals surface area contributed by atoms with Crippen molar-refractivity contribution in [3.63, 3.8) is 0 Å². The van der Waals surface area contributed by atoms with Gasteiger partial charge in [0.2, 0.25) is 0 Å². The number of nitrogens with zero attached hydrogens (tertiary/aromatic N) is 2. The van der Waals surface area contributed by atoms with Crippen molar-refractivity contribution >= 4 is 17.6 Å². The zero-order valence-corrected chi connectivity index (χ0v) is 11.5. The molecule has 1 atom stereocenters. The topological polar surface area (TPSA) is 114 Å². The average Bonchev–Trinajstić information content (AvgIpc) is 2.79. The van der Waals surface area contributed by atoms with Crippen LogP contribution in [0.15, 0.2) is 12.3 Å². The van der Waals surface area contributed by atoms with Gasteiger partial charge < -0.3 is 15.0 Å². The van der Waals surface area contributed by atoms with Crippen molar-refractivity contribution < 1.29 is 19.6 Å². The number of nitro groups is 1. The Morgan fingerprint density at radius 1 is 1.50 bits per heavy atom. The van der Waals surface area contributed by atoms with Gasteiger partial charge in [-0.15, -0.1) is 0 Å². The third kappa shape index (κ3) is 3.34. The summed E-state index contributed by atoms with van der Waals surface area (Å²) in [6.45, 7) is 5.44. The van der Waals surface area contributed by atoms with Gasteiger partial charge in [0.1, 0.15) is 11.7 Å². The minimum Gasteiger partial charge on any atom is -0.480 e. The lowest BCUT2D eigenvalue weighted by Gasteiger charge is -2.18. The van der Waals surface area contributed by atoms with Gasteiger partial charge in [-0.2, -0.15) is 0 Å². The highest BCUT2D eigenvalue weighted by atomic mass is 16.6. The molecule has 0 radical (unpaired) electrons. The molecule has 1 heterocycles. The van der Waals surface area contributed by atoms with Crippen LogP contribution in [0.3, 0.4) is 0 Å². The first-order valence-corrected chi connectivity index (χ1v) is 6.16. The highest BCUT2D eigenvalue weighted by molar-refractivity contribution is 5.96. The van der Waals surface area contributed by atoms with Crippen LogP contribution in [0.5, 0.6) is 0 Å². The number of nitrogens with one attached hydrogen (secondary N) is 1. The number of aliphatic carboxylic acids is 1. The Balaban J connectivity index is 3.02. The molecular weight excluding hydrogens is 266 g/mol. The fourth-order valence-corrected chi connectivity index (χ4v) is 1.78. The quantitative estimate of drug-likeness (QED) is 0.602. The molecule has 0 bridgehead atoms. The van der Waals surface area contributed by atoms with E-state index in [1.807, 2.05) is 0 Å². The molecule has 1 rings (SSSR count). The lowest BCUT2D eigenvalue weighted by Crippen LogP contribution is -2.44. The maximum Gasteiger partial charge on any atom is 0.326 e. The van der Waals surface area contributed by atoms with Crippen LogP contribution in [0.25, 0.3) is 0 Å². The van der Waals surface area contributed by atoms with E-state index in [2.05, 4.69) is 5.32 Å². The second-order valence-corrected chi connectivity index (χ2v) is 4.66. The van der Waals surface area contributed by atoms with E-state index in [0.29, 0.717) is 6.54 Å². The number of carbonyl (C=O) groups excluding carboxylic acids is 1. The molecular formula is C12H17N3O5. The van der Waals surface area contributed by atoms with Crippen LogP contribution in [0.2, 0.25) is 0 Å². The monoisotopic (exact) mass is 283 g/mol. The van der Waals surface area contributed by atoms with E-state index in [1.54, 1.807) is 20.8 Å². The molecule has 1 amide bonds. The van der Waals surface area contributed by atoms with Gasteiger partial charge in [0.05, 0.1) is 11.1 Å². The maximum absolute atomic E-state index is 12.1. The number of aromatic nitrogens is 1. The summed E-state index contributed by atoms with van der Waals surface area (Å²) in [6, 6.07) is 0.0969. The Kier molecular flexibility index (Phi) is 4.84. The van der Waals surface area contributed by atoms with E-state index in [0.717, 1.165) is 6.07 Å². The third-order valence-corrected chi connectivity index (χ3v) is 2.89. The molecule has 0 saturated carbocycles. The van der Waals surface area contributed by atoms with Crippen LogP contribution >= 0.6 is 0 Å². The number of carbonyl (C=O) groups is 2. The van der Waals surface area contributed by atoms with Crippen molar-refractivity contribution in [1.82, 2.24) is 9.88 Å². The highest BCUT2D eigenvalue weighted by Crippen LogP contribution is 2.17. The van der Waals surface area contributed by atoms with Crippen LogP contribution in [0, 0.1) is 16.0 Å². The first kappa shape index (κ1) is 15.7. The van der Waals surface area contributed by atoms with E-state index < -0.39 is 22.8 Å². The summed E-state index contributed by atoms with van der Waals surface area (Å²) >= 11 is 0. The van der Waals surface area contributed by atoms with E-state index >= 15 is 0 Å². The summed E-state index contributed by atoms with van der Waals surface area (Å²) < 4.78 is 1.41. The standard InChI is InChI=1S/C12H17N3O5/c1-4-14-6-8(15(19)20)5-9(14)11(16)13-10(7(2)3)12(17)18/h5-7,10H,4H2,1-3H3,(H,13,16)(H,17,18)/t10-/m0/s1. The lowest BCUT2D eigenvalue weighted by molar-refractivity contribution is -0.384. The molecule has 8 nitrogen and oxygen atoms in total. The summed E-state index contributed by atoms with van der Waals surface area (Å²) in [5.41, 5.74) is -0.125. The normalized spacial score (nSPS) is 12.2. The van der Waals surface area contributed by atoms with E-state index in [4.69, 9.17) is 5.11 Å². The zero-order chi connectivity index (χ0) is 15.4. The van der Waals surface area contributed by atoms with E-state index in [9.17, 15) is 19.7 Å². The van der Waals surface area contributed by atoms with Gasteiger partial charge in [-0.3, -0.25) is 14.9 Å². The maximum atomic E-state index is 12.1. The molecule has 0 spiro atoms. The van der Waals surface area contributed by atoms with Crippen molar-refractivity contribution in [2.45, 2.75) is 33.4 Å². The molecule has 0 fully saturated rings. The average molecular weight is 283 g/mol. The molecule has 8 heteroatoms. The van der Waals surface area contributed by atoms with Gasteiger partial charge in [0, 0.05) is 12.6 Å². The van der Waals surface area contributed by atoms with Gasteiger partial charge >= 0.3 is 5.97 Å². The molecule has 1 aromatic rings. The van der Waals surface area contributed by atoms with Crippen molar-refractivity contribution in [3.05, 3.63) is 28.1 Å². The summed E-state index contributed by atoms with van der Waals surface area (Å²) in [6.07, 6.45) is 1.25. The lowest BCUT2D eigenvalue weighted by atomic mass is 10.0. The van der Waals surface area contributed by atoms with Crippen molar-refractivity contribution in [3.8, 4) is 0 Å². The van der Waals surface area contributed by atoms with E-state index in [-0.39, 0.29) is 17.3 Å². The molecule has 0 saturated heterocycles. The van der Waals surface area contributed by atoms with Crippen LogP contribution in [0.1, 0.15) is 31.3 Å². The van der Waals surface area contributed by atoms with Crippen molar-refractivity contribution in [2.75, 3.05) is 0 Å². The Morgan fingerprint density at radius 2 is 2.10 bits per heavy atom. The van der Waals surface area contributed by atoms with Gasteiger partial charge in [0.15, 0.2) is 0 Å². The molecule has 20 heavy (non-hydrogen) atoms. The summed E-state index contributed by atoms with van der Waals surface area (Å²) in [5.74, 6) is -2.07. The van der Waals surface area contributed by atoms with Gasteiger partial charge in [-0.05, 0) is 12.8 Å². The highest BCUT2D eigenvalue weighted by Gasteiger charge is 2.26. The number of amides is 1. The van der Waals surface area contributed by atoms with Crippen LogP contribution in [-0.4, -0.2) is 32.5 Å². The SMILES string of the molecule is CCn1cc([N+](=O)[O-])cc1C(=O)N[C@H](C(=O)O)C(C)C. The predicted molar refractivity (Wildman–Crippen MR) is 70.5 cm³/mol. The number of rotatable bonds is 6. The first-order valence-electron chi connectivity index (χ1n) is 6.16. The summed E-state index contributed by atoms with van der Waals surface area (Å²) in [5, 5.41) is 22.1. The Morgan fingerprint density at radius 3 is 2.50 bits per heavy atom. The molecule has 0 aliphatic heterocycles. The van der Waals surface area contributed by atoms with Crippen LogP contribution in [0.4, 0.5) is 5.69 Å².